The van der Waals surface area contributed by atoms with Crippen LogP contribution in [0.4, 0.5) is 0 Å². The lowest BCUT2D eigenvalue weighted by Crippen LogP contribution is -2.22. The molecular weight excluding hydrogens is 454 g/mol. The van der Waals surface area contributed by atoms with E-state index in [1.54, 1.807) is 24.3 Å². The smallest absolute Gasteiger partial charge is 0.287 e. The quantitative estimate of drug-likeness (QED) is 0.493. The maximum atomic E-state index is 12.4. The van der Waals surface area contributed by atoms with E-state index in [4.69, 9.17) is 9.15 Å². The number of rotatable bonds is 8. The van der Waals surface area contributed by atoms with Crippen LogP contribution in [0, 0.1) is 0 Å². The molecule has 0 aliphatic heterocycles. The number of hydrogen-bond donors (Lipinski definition) is 1. The number of halogens is 1. The predicted molar refractivity (Wildman–Crippen MR) is 116 cm³/mol. The van der Waals surface area contributed by atoms with Crippen molar-refractivity contribution in [2.45, 2.75) is 37.1 Å². The summed E-state index contributed by atoms with van der Waals surface area (Å²) in [6.07, 6.45) is 0.117. The fourth-order valence-electron chi connectivity index (χ4n) is 2.60. The van der Waals surface area contributed by atoms with Gasteiger partial charge in [-0.05, 0) is 67.9 Å². The van der Waals surface area contributed by atoms with Crippen molar-refractivity contribution in [2.75, 3.05) is 0 Å². The highest BCUT2D eigenvalue weighted by atomic mass is 79.9. The number of furan rings is 1. The van der Waals surface area contributed by atoms with Gasteiger partial charge in [-0.1, -0.05) is 28.1 Å². The molecule has 2 aromatic carbocycles. The normalized spacial score (nSPS) is 12.0. The Kier molecular flexibility index (Phi) is 7.28. The first-order chi connectivity index (χ1) is 13.9. The lowest BCUT2D eigenvalue weighted by atomic mass is 10.2. The topological polar surface area (TPSA) is 68.5 Å². The maximum absolute atomic E-state index is 12.4. The van der Waals surface area contributed by atoms with Crippen LogP contribution in [0.2, 0.25) is 0 Å². The van der Waals surface area contributed by atoms with Crippen LogP contribution in [0.3, 0.4) is 0 Å². The molecule has 3 rings (SSSR count). The highest BCUT2D eigenvalue weighted by molar-refractivity contribution is 9.10. The summed E-state index contributed by atoms with van der Waals surface area (Å²) in [5.41, 5.74) is 0.956. The van der Waals surface area contributed by atoms with Crippen molar-refractivity contribution >= 4 is 32.6 Å². The van der Waals surface area contributed by atoms with E-state index in [-0.39, 0.29) is 23.5 Å². The minimum Gasteiger partial charge on any atom is -0.491 e. The van der Waals surface area contributed by atoms with Gasteiger partial charge in [-0.25, -0.2) is 0 Å². The van der Waals surface area contributed by atoms with E-state index in [1.807, 2.05) is 50.2 Å². The average molecular weight is 476 g/mol. The van der Waals surface area contributed by atoms with Gasteiger partial charge in [0.2, 0.25) is 0 Å². The minimum atomic E-state index is -1.24. The van der Waals surface area contributed by atoms with Crippen LogP contribution >= 0.6 is 15.9 Å². The third kappa shape index (κ3) is 6.30. The first kappa shape index (κ1) is 21.3. The molecule has 0 unspecified atom stereocenters. The molecule has 1 aromatic heterocycles. The van der Waals surface area contributed by atoms with E-state index in [1.165, 1.54) is 0 Å². The summed E-state index contributed by atoms with van der Waals surface area (Å²) in [7, 11) is -1.24. The van der Waals surface area contributed by atoms with Gasteiger partial charge in [-0.2, -0.15) is 0 Å². The Labute approximate surface area is 181 Å². The van der Waals surface area contributed by atoms with Gasteiger partial charge >= 0.3 is 0 Å². The van der Waals surface area contributed by atoms with E-state index in [2.05, 4.69) is 21.2 Å². The largest absolute Gasteiger partial charge is 0.491 e. The summed E-state index contributed by atoms with van der Waals surface area (Å²) in [5.74, 6) is 1.41. The van der Waals surface area contributed by atoms with Crippen LogP contribution in [0.25, 0.3) is 0 Å². The molecule has 5 nitrogen and oxygen atoms in total. The van der Waals surface area contributed by atoms with Crippen molar-refractivity contribution in [1.29, 1.82) is 0 Å². The molecule has 1 heterocycles. The fourth-order valence-corrected chi connectivity index (χ4v) is 3.89. The predicted octanol–water partition coefficient (Wildman–Crippen LogP) is 5.07. The molecule has 0 radical (unpaired) electrons. The van der Waals surface area contributed by atoms with Gasteiger partial charge in [0.15, 0.2) is 5.76 Å². The van der Waals surface area contributed by atoms with Crippen LogP contribution < -0.4 is 10.1 Å². The van der Waals surface area contributed by atoms with Gasteiger partial charge in [0.25, 0.3) is 5.91 Å². The van der Waals surface area contributed by atoms with E-state index >= 15 is 0 Å². The van der Waals surface area contributed by atoms with Crippen molar-refractivity contribution < 1.29 is 18.2 Å². The number of ether oxygens (including phenoxy) is 1. The second-order valence-corrected chi connectivity index (χ2v) is 9.07. The summed E-state index contributed by atoms with van der Waals surface area (Å²) in [4.78, 5) is 13.0. The second kappa shape index (κ2) is 9.89. The molecule has 0 spiro atoms. The molecule has 0 saturated carbocycles. The van der Waals surface area contributed by atoms with Crippen molar-refractivity contribution in [3.8, 4) is 5.75 Å². The SMILES string of the molecule is CC(C)Oc1ccc(CNC(=O)c2ccc(C[S@@](=O)c3ccc(Br)cc3)o2)cc1. The summed E-state index contributed by atoms with van der Waals surface area (Å²) in [5, 5.41) is 2.83. The Hall–Kier alpha value is -2.38. The summed E-state index contributed by atoms with van der Waals surface area (Å²) in [6.45, 7) is 4.32. The Morgan fingerprint density at radius 1 is 1.07 bits per heavy atom. The first-order valence-electron chi connectivity index (χ1n) is 9.17. The minimum absolute atomic E-state index is 0.117. The van der Waals surface area contributed by atoms with Gasteiger partial charge in [-0.15, -0.1) is 0 Å². The summed E-state index contributed by atoms with van der Waals surface area (Å²) < 4.78 is 24.5. The highest BCUT2D eigenvalue weighted by Gasteiger charge is 2.13. The van der Waals surface area contributed by atoms with Crippen molar-refractivity contribution in [1.82, 2.24) is 5.32 Å². The Morgan fingerprint density at radius 3 is 2.41 bits per heavy atom. The lowest BCUT2D eigenvalue weighted by molar-refractivity contribution is 0.0921. The molecule has 3 aromatic rings. The number of benzene rings is 2. The molecule has 1 amide bonds. The molecule has 0 aliphatic carbocycles. The molecule has 0 saturated heterocycles. The number of amides is 1. The molecule has 0 bridgehead atoms. The second-order valence-electron chi connectivity index (χ2n) is 6.70. The van der Waals surface area contributed by atoms with Gasteiger partial charge in [0, 0.05) is 15.9 Å². The number of carbonyl (C=O) groups is 1. The van der Waals surface area contributed by atoms with E-state index < -0.39 is 10.8 Å². The summed E-state index contributed by atoms with van der Waals surface area (Å²) in [6, 6.07) is 18.1. The molecule has 0 aliphatic rings. The van der Waals surface area contributed by atoms with Gasteiger partial charge < -0.3 is 14.5 Å². The van der Waals surface area contributed by atoms with E-state index in [0.717, 1.165) is 15.8 Å². The van der Waals surface area contributed by atoms with Crippen molar-refractivity contribution in [2.24, 2.45) is 0 Å². The zero-order valence-corrected chi connectivity index (χ0v) is 18.6. The first-order valence-corrected chi connectivity index (χ1v) is 11.3. The Bertz CT molecular complexity index is 981. The monoisotopic (exact) mass is 475 g/mol. The standard InChI is InChI=1S/C22H22BrNO4S/c1-15(2)27-18-7-3-16(4-8-18)13-24-22(25)21-12-9-19(28-21)14-29(26)20-10-5-17(23)6-11-20/h3-12,15H,13-14H2,1-2H3,(H,24,25)/t29-/m1/s1. The molecule has 1 atom stereocenters. The molecule has 7 heteroatoms. The zero-order chi connectivity index (χ0) is 20.8. The maximum Gasteiger partial charge on any atom is 0.287 e. The Balaban J connectivity index is 1.53. The van der Waals surface area contributed by atoms with Crippen LogP contribution in [-0.4, -0.2) is 16.2 Å². The van der Waals surface area contributed by atoms with Crippen LogP contribution in [0.1, 0.15) is 35.7 Å². The van der Waals surface area contributed by atoms with Crippen molar-refractivity contribution in [3.63, 3.8) is 0 Å². The third-order valence-electron chi connectivity index (χ3n) is 3.98. The number of carbonyl (C=O) groups excluding carboxylic acids is 1. The highest BCUT2D eigenvalue weighted by Crippen LogP contribution is 2.18. The van der Waals surface area contributed by atoms with Crippen LogP contribution in [-0.2, 0) is 23.1 Å². The number of nitrogens with one attached hydrogen (secondary N) is 1. The average Bonchev–Trinajstić information content (AvgIpc) is 3.16. The lowest BCUT2D eigenvalue weighted by Gasteiger charge is -2.10. The van der Waals surface area contributed by atoms with Crippen LogP contribution in [0.5, 0.6) is 5.75 Å². The van der Waals surface area contributed by atoms with Gasteiger partial charge in [-0.3, -0.25) is 9.00 Å². The van der Waals surface area contributed by atoms with E-state index in [0.29, 0.717) is 17.2 Å². The Morgan fingerprint density at radius 2 is 1.76 bits per heavy atom. The summed E-state index contributed by atoms with van der Waals surface area (Å²) >= 11 is 3.36. The van der Waals surface area contributed by atoms with Gasteiger partial charge in [0.1, 0.15) is 11.5 Å². The molecule has 0 fully saturated rings. The molecular formula is C22H22BrNO4S. The molecule has 29 heavy (non-hydrogen) atoms. The fraction of sp³-hybridized carbons (Fsp3) is 0.227. The van der Waals surface area contributed by atoms with Crippen LogP contribution in [0.15, 0.2) is 74.4 Å². The number of hydrogen-bond acceptors (Lipinski definition) is 4. The molecule has 152 valence electrons. The zero-order valence-electron chi connectivity index (χ0n) is 16.2. The van der Waals surface area contributed by atoms with E-state index in [9.17, 15) is 9.00 Å². The van der Waals surface area contributed by atoms with Gasteiger partial charge in [0.05, 0.1) is 22.7 Å². The molecule has 1 N–H and O–H groups in total. The third-order valence-corrected chi connectivity index (χ3v) is 5.86. The van der Waals surface area contributed by atoms with Crippen molar-refractivity contribution in [3.05, 3.63) is 82.2 Å².